The highest BCUT2D eigenvalue weighted by Gasteiger charge is 2.21. The summed E-state index contributed by atoms with van der Waals surface area (Å²) in [4.78, 5) is 19.2. The maximum absolute atomic E-state index is 12.5. The van der Waals surface area contributed by atoms with Crippen molar-refractivity contribution in [1.29, 1.82) is 0 Å². The predicted molar refractivity (Wildman–Crippen MR) is 97.1 cm³/mol. The van der Waals surface area contributed by atoms with Gasteiger partial charge >= 0.3 is 6.03 Å². The van der Waals surface area contributed by atoms with Gasteiger partial charge in [0.2, 0.25) is 0 Å². The number of nitrogens with one attached hydrogen (secondary N) is 1. The van der Waals surface area contributed by atoms with E-state index in [2.05, 4.69) is 53.4 Å². The quantitative estimate of drug-likeness (QED) is 0.918. The second-order valence-corrected chi connectivity index (χ2v) is 7.25. The first-order valence-corrected chi connectivity index (χ1v) is 9.15. The molecule has 1 aromatic rings. The largest absolute Gasteiger partial charge is 0.334 e. The minimum absolute atomic E-state index is 0.0928. The predicted octanol–water partition coefficient (Wildman–Crippen LogP) is 1.78. The van der Waals surface area contributed by atoms with Crippen LogP contribution in [0.1, 0.15) is 24.5 Å². The summed E-state index contributed by atoms with van der Waals surface area (Å²) in [5, 5.41) is 3.19. The Hall–Kier alpha value is -1.59. The molecule has 0 aromatic heterocycles. The number of hydrogen-bond acceptors (Lipinski definition) is 3. The zero-order valence-electron chi connectivity index (χ0n) is 15.0. The van der Waals surface area contributed by atoms with Crippen molar-refractivity contribution in [3.63, 3.8) is 0 Å². The summed E-state index contributed by atoms with van der Waals surface area (Å²) in [7, 11) is 2.12. The number of rotatable bonds is 3. The van der Waals surface area contributed by atoms with Crippen molar-refractivity contribution in [2.75, 3.05) is 46.3 Å². The summed E-state index contributed by atoms with van der Waals surface area (Å²) in [6.07, 6.45) is 2.16. The molecule has 24 heavy (non-hydrogen) atoms. The van der Waals surface area contributed by atoms with E-state index in [1.807, 2.05) is 4.90 Å². The average Bonchev–Trinajstić information content (AvgIpc) is 2.79. The van der Waals surface area contributed by atoms with Crippen LogP contribution >= 0.6 is 0 Å². The van der Waals surface area contributed by atoms with Gasteiger partial charge in [-0.2, -0.15) is 0 Å². The van der Waals surface area contributed by atoms with Crippen LogP contribution in [0, 0.1) is 0 Å². The smallest absolute Gasteiger partial charge is 0.317 e. The normalized spacial score (nSPS) is 21.0. The van der Waals surface area contributed by atoms with Crippen LogP contribution < -0.4 is 5.32 Å². The monoisotopic (exact) mass is 330 g/mol. The number of nitrogens with zero attached hydrogens (tertiary/aromatic N) is 3. The zero-order chi connectivity index (χ0) is 16.9. The van der Waals surface area contributed by atoms with E-state index in [0.717, 1.165) is 58.7 Å². The number of likely N-dealkylation sites (N-methyl/N-ethyl adjacent to an activating group) is 1. The first kappa shape index (κ1) is 17.2. The fourth-order valence-corrected chi connectivity index (χ4v) is 3.69. The first-order chi connectivity index (χ1) is 11.6. The van der Waals surface area contributed by atoms with E-state index < -0.39 is 0 Å². The van der Waals surface area contributed by atoms with Crippen molar-refractivity contribution in [2.45, 2.75) is 32.4 Å². The van der Waals surface area contributed by atoms with Crippen molar-refractivity contribution >= 4 is 6.03 Å². The number of hydrogen-bond donors (Lipinski definition) is 1. The lowest BCUT2D eigenvalue weighted by molar-refractivity contribution is 0.185. The number of carbonyl (C=O) groups excluding carboxylic acids is 1. The number of carbonyl (C=O) groups is 1. The van der Waals surface area contributed by atoms with Crippen LogP contribution in [-0.4, -0.2) is 73.1 Å². The minimum Gasteiger partial charge on any atom is -0.334 e. The minimum atomic E-state index is 0.0928. The Bertz CT molecular complexity index is 562. The van der Waals surface area contributed by atoms with Gasteiger partial charge in [-0.15, -0.1) is 0 Å². The van der Waals surface area contributed by atoms with Gasteiger partial charge in [0, 0.05) is 45.3 Å². The average molecular weight is 330 g/mol. The van der Waals surface area contributed by atoms with Crippen LogP contribution in [0.2, 0.25) is 0 Å². The summed E-state index contributed by atoms with van der Waals surface area (Å²) in [5.41, 5.74) is 2.90. The van der Waals surface area contributed by atoms with Gasteiger partial charge in [-0.3, -0.25) is 4.90 Å². The lowest BCUT2D eigenvalue weighted by Crippen LogP contribution is -2.49. The molecule has 0 aliphatic carbocycles. The van der Waals surface area contributed by atoms with Crippen LogP contribution in [0.15, 0.2) is 24.3 Å². The van der Waals surface area contributed by atoms with Crippen molar-refractivity contribution < 1.29 is 4.79 Å². The second-order valence-electron chi connectivity index (χ2n) is 7.25. The van der Waals surface area contributed by atoms with E-state index in [1.54, 1.807) is 0 Å². The fourth-order valence-electron chi connectivity index (χ4n) is 3.69. The highest BCUT2D eigenvalue weighted by atomic mass is 16.2. The van der Waals surface area contributed by atoms with Crippen molar-refractivity contribution in [1.82, 2.24) is 20.0 Å². The van der Waals surface area contributed by atoms with E-state index in [9.17, 15) is 4.79 Å². The van der Waals surface area contributed by atoms with Gasteiger partial charge in [-0.25, -0.2) is 4.79 Å². The molecule has 2 aliphatic rings. The summed E-state index contributed by atoms with van der Waals surface area (Å²) in [5.74, 6) is 0. The number of benzene rings is 1. The Balaban J connectivity index is 1.47. The molecule has 5 heteroatoms. The van der Waals surface area contributed by atoms with Crippen LogP contribution in [-0.2, 0) is 13.0 Å². The van der Waals surface area contributed by atoms with Crippen LogP contribution in [0.5, 0.6) is 0 Å². The molecule has 1 saturated heterocycles. The molecule has 3 rings (SSSR count). The summed E-state index contributed by atoms with van der Waals surface area (Å²) in [6.45, 7) is 8.82. The molecule has 2 amide bonds. The van der Waals surface area contributed by atoms with Crippen LogP contribution in [0.3, 0.4) is 0 Å². The van der Waals surface area contributed by atoms with Gasteiger partial charge in [0.05, 0.1) is 0 Å². The lowest BCUT2D eigenvalue weighted by Gasteiger charge is -2.32. The van der Waals surface area contributed by atoms with Gasteiger partial charge in [-0.1, -0.05) is 24.3 Å². The molecule has 0 radical (unpaired) electrons. The molecular formula is C19H30N4O. The highest BCUT2D eigenvalue weighted by molar-refractivity contribution is 5.74. The number of fused-ring (bicyclic) bond motifs is 1. The second kappa shape index (κ2) is 7.99. The zero-order valence-corrected chi connectivity index (χ0v) is 15.0. The maximum Gasteiger partial charge on any atom is 0.317 e. The van der Waals surface area contributed by atoms with Gasteiger partial charge in [-0.05, 0) is 44.5 Å². The van der Waals surface area contributed by atoms with E-state index >= 15 is 0 Å². The molecule has 1 N–H and O–H groups in total. The van der Waals surface area contributed by atoms with Crippen molar-refractivity contribution in [3.8, 4) is 0 Å². The number of amides is 2. The van der Waals surface area contributed by atoms with Crippen LogP contribution in [0.4, 0.5) is 4.79 Å². The SMILES string of the molecule is C[C@H](CN1CCc2ccccc2C1)NC(=O)N1CCCN(C)CC1. The first-order valence-electron chi connectivity index (χ1n) is 9.15. The molecule has 132 valence electrons. The third kappa shape index (κ3) is 4.48. The molecular weight excluding hydrogens is 300 g/mol. The van der Waals surface area contributed by atoms with E-state index in [-0.39, 0.29) is 12.1 Å². The van der Waals surface area contributed by atoms with Crippen LogP contribution in [0.25, 0.3) is 0 Å². The lowest BCUT2D eigenvalue weighted by atomic mass is 10.00. The summed E-state index contributed by atoms with van der Waals surface area (Å²) in [6, 6.07) is 8.95. The Morgan fingerprint density at radius 1 is 1.12 bits per heavy atom. The van der Waals surface area contributed by atoms with E-state index in [4.69, 9.17) is 0 Å². The van der Waals surface area contributed by atoms with Crippen molar-refractivity contribution in [3.05, 3.63) is 35.4 Å². The van der Waals surface area contributed by atoms with E-state index in [0.29, 0.717) is 0 Å². The van der Waals surface area contributed by atoms with Crippen molar-refractivity contribution in [2.24, 2.45) is 0 Å². The molecule has 0 unspecified atom stereocenters. The Morgan fingerprint density at radius 3 is 2.75 bits per heavy atom. The topological polar surface area (TPSA) is 38.8 Å². The Kier molecular flexibility index (Phi) is 5.74. The molecule has 1 atom stereocenters. The molecule has 0 bridgehead atoms. The molecule has 0 saturated carbocycles. The molecule has 2 aliphatic heterocycles. The molecule has 0 spiro atoms. The van der Waals surface area contributed by atoms with Gasteiger partial charge in [0.15, 0.2) is 0 Å². The van der Waals surface area contributed by atoms with E-state index in [1.165, 1.54) is 11.1 Å². The number of urea groups is 1. The third-order valence-corrected chi connectivity index (χ3v) is 5.12. The third-order valence-electron chi connectivity index (χ3n) is 5.12. The molecule has 1 aromatic carbocycles. The standard InChI is InChI=1S/C19H30N4O/c1-16(20-19(24)23-10-5-9-21(2)12-13-23)14-22-11-8-17-6-3-4-7-18(17)15-22/h3-4,6-7,16H,5,8-15H2,1-2H3,(H,20,24)/t16-/m1/s1. The maximum atomic E-state index is 12.5. The highest BCUT2D eigenvalue weighted by Crippen LogP contribution is 2.18. The fraction of sp³-hybridized carbons (Fsp3) is 0.632. The molecule has 5 nitrogen and oxygen atoms in total. The van der Waals surface area contributed by atoms with Gasteiger partial charge < -0.3 is 15.1 Å². The summed E-state index contributed by atoms with van der Waals surface area (Å²) < 4.78 is 0. The summed E-state index contributed by atoms with van der Waals surface area (Å²) >= 11 is 0. The molecule has 2 heterocycles. The Labute approximate surface area is 145 Å². The van der Waals surface area contributed by atoms with Gasteiger partial charge in [0.1, 0.15) is 0 Å². The Morgan fingerprint density at radius 2 is 1.92 bits per heavy atom. The van der Waals surface area contributed by atoms with Gasteiger partial charge in [0.25, 0.3) is 0 Å². The molecule has 1 fully saturated rings.